The SMILES string of the molecule is Cn1c(Cl)nc2cc(C(=O)NC3CCCC3)ccc21. The minimum atomic E-state index is -0.0180. The average molecular weight is 278 g/mol. The van der Waals surface area contributed by atoms with Gasteiger partial charge in [0.2, 0.25) is 5.28 Å². The first-order chi connectivity index (χ1) is 9.15. The number of hydrogen-bond acceptors (Lipinski definition) is 2. The number of nitrogens with zero attached hydrogens (tertiary/aromatic N) is 2. The fraction of sp³-hybridized carbons (Fsp3) is 0.429. The van der Waals surface area contributed by atoms with Crippen LogP contribution in [-0.2, 0) is 7.05 Å². The second kappa shape index (κ2) is 4.85. The number of amides is 1. The summed E-state index contributed by atoms with van der Waals surface area (Å²) in [6, 6.07) is 5.84. The Morgan fingerprint density at radius 1 is 1.42 bits per heavy atom. The quantitative estimate of drug-likeness (QED) is 0.917. The maximum Gasteiger partial charge on any atom is 0.251 e. The summed E-state index contributed by atoms with van der Waals surface area (Å²) >= 11 is 5.97. The van der Waals surface area contributed by atoms with E-state index in [0.29, 0.717) is 16.9 Å². The third-order valence-corrected chi connectivity index (χ3v) is 4.12. The summed E-state index contributed by atoms with van der Waals surface area (Å²) in [6.07, 6.45) is 4.59. The molecule has 2 aromatic rings. The Balaban J connectivity index is 1.86. The Kier molecular flexibility index (Phi) is 3.19. The number of rotatable bonds is 2. The molecule has 0 saturated heterocycles. The first kappa shape index (κ1) is 12.5. The molecule has 4 nitrogen and oxygen atoms in total. The van der Waals surface area contributed by atoms with Crippen LogP contribution in [0.15, 0.2) is 18.2 Å². The highest BCUT2D eigenvalue weighted by molar-refractivity contribution is 6.29. The van der Waals surface area contributed by atoms with Crippen molar-refractivity contribution in [1.82, 2.24) is 14.9 Å². The molecule has 0 radical (unpaired) electrons. The number of carbonyl (C=O) groups is 1. The van der Waals surface area contributed by atoms with Gasteiger partial charge < -0.3 is 9.88 Å². The number of halogens is 1. The molecule has 100 valence electrons. The highest BCUT2D eigenvalue weighted by Gasteiger charge is 2.18. The van der Waals surface area contributed by atoms with Crippen molar-refractivity contribution in [2.45, 2.75) is 31.7 Å². The lowest BCUT2D eigenvalue weighted by atomic mass is 10.1. The van der Waals surface area contributed by atoms with E-state index in [9.17, 15) is 4.79 Å². The molecule has 1 heterocycles. The predicted molar refractivity (Wildman–Crippen MR) is 75.4 cm³/mol. The Bertz CT molecular complexity index is 629. The number of imidazole rings is 1. The van der Waals surface area contributed by atoms with E-state index in [0.717, 1.165) is 23.9 Å². The van der Waals surface area contributed by atoms with Gasteiger partial charge in [-0.2, -0.15) is 0 Å². The Morgan fingerprint density at radius 3 is 2.89 bits per heavy atom. The molecule has 19 heavy (non-hydrogen) atoms. The molecule has 0 spiro atoms. The maximum atomic E-state index is 12.2. The monoisotopic (exact) mass is 277 g/mol. The topological polar surface area (TPSA) is 46.9 Å². The molecule has 1 aromatic heterocycles. The molecule has 0 unspecified atom stereocenters. The lowest BCUT2D eigenvalue weighted by Crippen LogP contribution is -2.32. The fourth-order valence-corrected chi connectivity index (χ4v) is 2.83. The van der Waals surface area contributed by atoms with E-state index in [1.54, 1.807) is 10.6 Å². The van der Waals surface area contributed by atoms with Crippen LogP contribution in [-0.4, -0.2) is 21.5 Å². The molecule has 1 aromatic carbocycles. The smallest absolute Gasteiger partial charge is 0.251 e. The zero-order chi connectivity index (χ0) is 13.4. The predicted octanol–water partition coefficient (Wildman–Crippen LogP) is 2.90. The third kappa shape index (κ3) is 2.32. The first-order valence-corrected chi connectivity index (χ1v) is 6.96. The first-order valence-electron chi connectivity index (χ1n) is 6.58. The van der Waals surface area contributed by atoms with Gasteiger partial charge in [0, 0.05) is 18.7 Å². The van der Waals surface area contributed by atoms with Crippen molar-refractivity contribution in [3.05, 3.63) is 29.0 Å². The van der Waals surface area contributed by atoms with Crippen LogP contribution < -0.4 is 5.32 Å². The molecule has 0 atom stereocenters. The van der Waals surface area contributed by atoms with Crippen LogP contribution in [0.3, 0.4) is 0 Å². The van der Waals surface area contributed by atoms with Crippen molar-refractivity contribution < 1.29 is 4.79 Å². The van der Waals surface area contributed by atoms with Crippen molar-refractivity contribution in [1.29, 1.82) is 0 Å². The fourth-order valence-electron chi connectivity index (χ4n) is 2.65. The van der Waals surface area contributed by atoms with E-state index in [4.69, 9.17) is 11.6 Å². The van der Waals surface area contributed by atoms with Gasteiger partial charge in [-0.3, -0.25) is 4.79 Å². The zero-order valence-corrected chi connectivity index (χ0v) is 11.6. The summed E-state index contributed by atoms with van der Waals surface area (Å²) in [5.74, 6) is -0.0180. The molecular weight excluding hydrogens is 262 g/mol. The van der Waals surface area contributed by atoms with Crippen molar-refractivity contribution in [2.75, 3.05) is 0 Å². The van der Waals surface area contributed by atoms with E-state index in [1.165, 1.54) is 12.8 Å². The largest absolute Gasteiger partial charge is 0.349 e. The molecule has 1 fully saturated rings. The number of nitrogens with one attached hydrogen (secondary N) is 1. The zero-order valence-electron chi connectivity index (χ0n) is 10.8. The van der Waals surface area contributed by atoms with Crippen LogP contribution in [0, 0.1) is 0 Å². The Labute approximate surface area is 116 Å². The number of hydrogen-bond donors (Lipinski definition) is 1. The molecule has 1 N–H and O–H groups in total. The van der Waals surface area contributed by atoms with Crippen LogP contribution in [0.1, 0.15) is 36.0 Å². The van der Waals surface area contributed by atoms with Crippen molar-refractivity contribution >= 4 is 28.5 Å². The summed E-state index contributed by atoms with van der Waals surface area (Å²) < 4.78 is 1.80. The van der Waals surface area contributed by atoms with Gasteiger partial charge in [0.1, 0.15) is 0 Å². The van der Waals surface area contributed by atoms with Gasteiger partial charge in [0.05, 0.1) is 11.0 Å². The number of benzene rings is 1. The van der Waals surface area contributed by atoms with Gasteiger partial charge in [0.25, 0.3) is 5.91 Å². The highest BCUT2D eigenvalue weighted by atomic mass is 35.5. The summed E-state index contributed by atoms with van der Waals surface area (Å²) in [7, 11) is 1.86. The van der Waals surface area contributed by atoms with E-state index in [-0.39, 0.29) is 5.91 Å². The second-order valence-corrected chi connectivity index (χ2v) is 5.44. The standard InChI is InChI=1S/C14H16ClN3O/c1-18-12-7-6-9(8-11(12)17-14(18)15)13(19)16-10-4-2-3-5-10/h6-8,10H,2-5H2,1H3,(H,16,19). The van der Waals surface area contributed by atoms with Crippen LogP contribution in [0.25, 0.3) is 11.0 Å². The second-order valence-electron chi connectivity index (χ2n) is 5.10. The van der Waals surface area contributed by atoms with Gasteiger partial charge >= 0.3 is 0 Å². The molecule has 0 aliphatic heterocycles. The Hall–Kier alpha value is -1.55. The molecule has 3 rings (SSSR count). The summed E-state index contributed by atoms with van der Waals surface area (Å²) in [5, 5.41) is 3.51. The summed E-state index contributed by atoms with van der Waals surface area (Å²) in [5.41, 5.74) is 2.34. The summed E-state index contributed by atoms with van der Waals surface area (Å²) in [6.45, 7) is 0. The van der Waals surface area contributed by atoms with Crippen molar-refractivity contribution in [2.24, 2.45) is 7.05 Å². The molecule has 0 bridgehead atoms. The lowest BCUT2D eigenvalue weighted by molar-refractivity contribution is 0.0938. The molecule has 1 aliphatic rings. The summed E-state index contributed by atoms with van der Waals surface area (Å²) in [4.78, 5) is 16.4. The van der Waals surface area contributed by atoms with Crippen LogP contribution in [0.5, 0.6) is 0 Å². The normalized spacial score (nSPS) is 16.1. The van der Waals surface area contributed by atoms with Crippen molar-refractivity contribution in [3.63, 3.8) is 0 Å². The number of carbonyl (C=O) groups excluding carboxylic acids is 1. The highest BCUT2D eigenvalue weighted by Crippen LogP contribution is 2.21. The molecule has 1 amide bonds. The van der Waals surface area contributed by atoms with Crippen LogP contribution in [0.4, 0.5) is 0 Å². The third-order valence-electron chi connectivity index (χ3n) is 3.78. The van der Waals surface area contributed by atoms with Crippen LogP contribution >= 0.6 is 11.6 Å². The van der Waals surface area contributed by atoms with Gasteiger partial charge in [-0.1, -0.05) is 12.8 Å². The van der Waals surface area contributed by atoms with E-state index < -0.39 is 0 Å². The number of fused-ring (bicyclic) bond motifs is 1. The molecule has 1 saturated carbocycles. The minimum Gasteiger partial charge on any atom is -0.349 e. The van der Waals surface area contributed by atoms with E-state index >= 15 is 0 Å². The minimum absolute atomic E-state index is 0.0180. The van der Waals surface area contributed by atoms with Crippen LogP contribution in [0.2, 0.25) is 5.28 Å². The lowest BCUT2D eigenvalue weighted by Gasteiger charge is -2.11. The number of aryl methyl sites for hydroxylation is 1. The average Bonchev–Trinajstić information content (AvgIpc) is 2.99. The van der Waals surface area contributed by atoms with Gasteiger partial charge in [-0.15, -0.1) is 0 Å². The maximum absolute atomic E-state index is 12.2. The molecule has 1 aliphatic carbocycles. The Morgan fingerprint density at radius 2 is 2.16 bits per heavy atom. The van der Waals surface area contributed by atoms with Gasteiger partial charge in [0.15, 0.2) is 0 Å². The van der Waals surface area contributed by atoms with E-state index in [1.807, 2.05) is 19.2 Å². The molecular formula is C14H16ClN3O. The van der Waals surface area contributed by atoms with Gasteiger partial charge in [-0.05, 0) is 42.6 Å². The number of aromatic nitrogens is 2. The van der Waals surface area contributed by atoms with Crippen molar-refractivity contribution in [3.8, 4) is 0 Å². The van der Waals surface area contributed by atoms with Gasteiger partial charge in [-0.25, -0.2) is 4.98 Å². The van der Waals surface area contributed by atoms with E-state index in [2.05, 4.69) is 10.3 Å². The molecule has 5 heteroatoms.